The van der Waals surface area contributed by atoms with Crippen LogP contribution in [0.2, 0.25) is 0 Å². The summed E-state index contributed by atoms with van der Waals surface area (Å²) in [6.07, 6.45) is -2.17. The number of benzene rings is 1. The average molecular weight is 628 g/mol. The van der Waals surface area contributed by atoms with E-state index in [2.05, 4.69) is 19.9 Å². The highest BCUT2D eigenvalue weighted by Gasteiger charge is 2.68. The third-order valence-corrected chi connectivity index (χ3v) is 10.3. The summed E-state index contributed by atoms with van der Waals surface area (Å²) in [5.74, 6) is 0.932. The van der Waals surface area contributed by atoms with Gasteiger partial charge in [-0.3, -0.25) is 4.98 Å². The molecule has 1 saturated heterocycles. The van der Waals surface area contributed by atoms with Crippen molar-refractivity contribution in [1.29, 1.82) is 0 Å². The summed E-state index contributed by atoms with van der Waals surface area (Å²) < 4.78 is 40.3. The van der Waals surface area contributed by atoms with Crippen molar-refractivity contribution in [1.82, 2.24) is 24.8 Å². The highest BCUT2D eigenvalue weighted by Crippen LogP contribution is 2.64. The number of nitrogen functional groups attached to an aromatic ring is 1. The summed E-state index contributed by atoms with van der Waals surface area (Å²) in [5, 5.41) is 13.3. The number of hydrogen-bond donors (Lipinski definition) is 2. The summed E-state index contributed by atoms with van der Waals surface area (Å²) >= 11 is 2.34. The Morgan fingerprint density at radius 1 is 1.19 bits per heavy atom. The van der Waals surface area contributed by atoms with Gasteiger partial charge in [0.15, 0.2) is 11.5 Å². The topological polar surface area (TPSA) is 121 Å². The third kappa shape index (κ3) is 5.73. The molecule has 0 spiro atoms. The number of aromatic nitrogens is 4. The summed E-state index contributed by atoms with van der Waals surface area (Å²) in [5.41, 5.74) is 6.58. The van der Waals surface area contributed by atoms with E-state index in [0.29, 0.717) is 25.5 Å². The average Bonchev–Trinajstić information content (AvgIpc) is 3.39. The van der Waals surface area contributed by atoms with Gasteiger partial charge in [0.25, 0.3) is 0 Å². The van der Waals surface area contributed by atoms with Gasteiger partial charge in [0.05, 0.1) is 6.20 Å². The molecule has 1 aliphatic heterocycles. The number of thiazole rings is 1. The largest absolute Gasteiger partial charge is 0.465 e. The Balaban J connectivity index is 1.23. The lowest BCUT2D eigenvalue weighted by atomic mass is 10.0. The third-order valence-electron chi connectivity index (χ3n) is 8.10. The van der Waals surface area contributed by atoms with Crippen molar-refractivity contribution in [3.05, 3.63) is 82.2 Å². The standard InChI is InChI=1S/C29H28F3N7O2S2/c1-17-15-42-26(36-17)28(16-39(27(40)41)13-18-6-3-2-4-7-18)19-9-11-38(14-20(19)28)22-12-35-25(24(33)37-22)43-21-8-5-10-34-23(21)29(30,31)32/h2-8,10,12,15,19-20H,9,11,13-14,16H2,1H3,(H2,33,37)(H,40,41). The monoisotopic (exact) mass is 627 g/mol. The van der Waals surface area contributed by atoms with E-state index in [0.717, 1.165) is 40.6 Å². The lowest BCUT2D eigenvalue weighted by molar-refractivity contribution is -0.143. The number of alkyl halides is 3. The van der Waals surface area contributed by atoms with Gasteiger partial charge in [0, 0.05) is 53.8 Å². The van der Waals surface area contributed by atoms with Crippen LogP contribution in [0, 0.1) is 18.8 Å². The van der Waals surface area contributed by atoms with E-state index in [1.165, 1.54) is 23.2 Å². The van der Waals surface area contributed by atoms with Gasteiger partial charge in [0.1, 0.15) is 15.9 Å². The molecule has 4 aromatic rings. The number of fused-ring (bicyclic) bond motifs is 1. The zero-order valence-electron chi connectivity index (χ0n) is 23.0. The number of nitrogens with two attached hydrogens (primary N) is 1. The lowest BCUT2D eigenvalue weighted by Gasteiger charge is -2.27. The van der Waals surface area contributed by atoms with Crippen molar-refractivity contribution in [3.8, 4) is 0 Å². The number of aryl methyl sites for hydroxylation is 1. The Hall–Kier alpha value is -3.91. The van der Waals surface area contributed by atoms with E-state index >= 15 is 0 Å². The maximum absolute atomic E-state index is 13.4. The number of halogens is 3. The first kappa shape index (κ1) is 29.2. The van der Waals surface area contributed by atoms with E-state index in [-0.39, 0.29) is 34.1 Å². The van der Waals surface area contributed by atoms with Crippen molar-refractivity contribution in [3.63, 3.8) is 0 Å². The molecule has 14 heteroatoms. The molecule has 2 fully saturated rings. The van der Waals surface area contributed by atoms with Gasteiger partial charge in [-0.25, -0.2) is 19.7 Å². The first-order chi connectivity index (χ1) is 20.6. The molecule has 0 bridgehead atoms. The molecule has 3 unspecified atom stereocenters. The second kappa shape index (κ2) is 11.3. The van der Waals surface area contributed by atoms with Crippen LogP contribution in [-0.4, -0.2) is 55.7 Å². The molecule has 3 aromatic heterocycles. The van der Waals surface area contributed by atoms with Crippen LogP contribution in [0.3, 0.4) is 0 Å². The summed E-state index contributed by atoms with van der Waals surface area (Å²) in [6, 6.07) is 12.3. The molecule has 6 rings (SSSR count). The summed E-state index contributed by atoms with van der Waals surface area (Å²) in [4.78, 5) is 33.0. The number of nitrogens with zero attached hydrogens (tertiary/aromatic N) is 6. The van der Waals surface area contributed by atoms with Gasteiger partial charge >= 0.3 is 12.3 Å². The zero-order chi connectivity index (χ0) is 30.4. The molecule has 1 aromatic carbocycles. The Bertz CT molecular complexity index is 1640. The molecule has 43 heavy (non-hydrogen) atoms. The lowest BCUT2D eigenvalue weighted by Crippen LogP contribution is -2.38. The molecule has 3 atom stereocenters. The molecule has 0 radical (unpaired) electrons. The second-order valence-corrected chi connectivity index (χ2v) is 12.7. The number of hydrogen-bond acceptors (Lipinski definition) is 9. The molecular formula is C29H28F3N7O2S2. The SMILES string of the molecule is Cc1csc(C2(CN(Cc3ccccc3)C(=O)O)C3CCN(c4cnc(Sc5cccnc5C(F)(F)F)c(N)n4)CC32)n1. The normalized spacial score (nSPS) is 21.3. The molecule has 1 amide bonds. The van der Waals surface area contributed by atoms with Crippen molar-refractivity contribution >= 4 is 40.8 Å². The molecular weight excluding hydrogens is 599 g/mol. The fourth-order valence-electron chi connectivity index (χ4n) is 6.09. The molecule has 1 aliphatic carbocycles. The van der Waals surface area contributed by atoms with E-state index < -0.39 is 23.4 Å². The second-order valence-electron chi connectivity index (χ2n) is 10.8. The maximum atomic E-state index is 13.4. The summed E-state index contributed by atoms with van der Waals surface area (Å²) in [7, 11) is 0. The Kier molecular flexibility index (Phi) is 7.67. The van der Waals surface area contributed by atoms with Crippen molar-refractivity contribution in [2.45, 2.75) is 41.4 Å². The van der Waals surface area contributed by atoms with Gasteiger partial charge in [-0.1, -0.05) is 42.1 Å². The van der Waals surface area contributed by atoms with Crippen LogP contribution in [0.5, 0.6) is 0 Å². The minimum atomic E-state index is -4.61. The van der Waals surface area contributed by atoms with Crippen LogP contribution in [0.15, 0.2) is 70.2 Å². The van der Waals surface area contributed by atoms with Crippen molar-refractivity contribution in [2.24, 2.45) is 11.8 Å². The first-order valence-corrected chi connectivity index (χ1v) is 15.3. The fourth-order valence-corrected chi connectivity index (χ4v) is 8.08. The minimum absolute atomic E-state index is 0.0270. The van der Waals surface area contributed by atoms with Crippen molar-refractivity contribution < 1.29 is 23.1 Å². The molecule has 4 heterocycles. The molecule has 224 valence electrons. The number of anilines is 2. The van der Waals surface area contributed by atoms with Crippen LogP contribution in [0.25, 0.3) is 0 Å². The van der Waals surface area contributed by atoms with E-state index in [1.807, 2.05) is 42.6 Å². The zero-order valence-corrected chi connectivity index (χ0v) is 24.7. The summed E-state index contributed by atoms with van der Waals surface area (Å²) in [6.45, 7) is 3.79. The minimum Gasteiger partial charge on any atom is -0.465 e. The smallest absolute Gasteiger partial charge is 0.434 e. The Labute approximate surface area is 254 Å². The van der Waals surface area contributed by atoms with Gasteiger partial charge < -0.3 is 20.6 Å². The molecule has 1 saturated carbocycles. The van der Waals surface area contributed by atoms with Gasteiger partial charge in [-0.15, -0.1) is 11.3 Å². The maximum Gasteiger partial charge on any atom is 0.434 e. The highest BCUT2D eigenvalue weighted by molar-refractivity contribution is 7.99. The van der Waals surface area contributed by atoms with Crippen LogP contribution >= 0.6 is 23.1 Å². The van der Waals surface area contributed by atoms with E-state index in [9.17, 15) is 23.1 Å². The predicted octanol–water partition coefficient (Wildman–Crippen LogP) is 5.96. The first-order valence-electron chi connectivity index (χ1n) is 13.6. The fraction of sp³-hybridized carbons (Fsp3) is 0.345. The van der Waals surface area contributed by atoms with Gasteiger partial charge in [0.2, 0.25) is 0 Å². The number of amides is 1. The van der Waals surface area contributed by atoms with Crippen LogP contribution in [-0.2, 0) is 18.1 Å². The highest BCUT2D eigenvalue weighted by atomic mass is 32.2. The predicted molar refractivity (Wildman–Crippen MR) is 157 cm³/mol. The molecule has 2 aliphatic rings. The molecule has 3 N–H and O–H groups in total. The van der Waals surface area contributed by atoms with E-state index in [4.69, 9.17) is 10.7 Å². The van der Waals surface area contributed by atoms with Crippen LogP contribution in [0.4, 0.5) is 29.6 Å². The Morgan fingerprint density at radius 2 is 1.98 bits per heavy atom. The number of piperidine rings is 1. The van der Waals surface area contributed by atoms with Gasteiger partial charge in [-0.05, 0) is 42.9 Å². The molecule has 9 nitrogen and oxygen atoms in total. The Morgan fingerprint density at radius 3 is 2.65 bits per heavy atom. The van der Waals surface area contributed by atoms with E-state index in [1.54, 1.807) is 11.3 Å². The van der Waals surface area contributed by atoms with Crippen LogP contribution < -0.4 is 10.6 Å². The number of pyridine rings is 1. The quantitative estimate of drug-likeness (QED) is 0.244. The number of carboxylic acid groups (broad SMARTS) is 1. The number of carbonyl (C=O) groups is 1. The van der Waals surface area contributed by atoms with Crippen molar-refractivity contribution in [2.75, 3.05) is 30.3 Å². The van der Waals surface area contributed by atoms with Gasteiger partial charge in [-0.2, -0.15) is 13.2 Å². The number of rotatable bonds is 8. The van der Waals surface area contributed by atoms with Crippen LogP contribution in [0.1, 0.15) is 28.4 Å².